The molecule has 2 fully saturated rings. The van der Waals surface area contributed by atoms with Gasteiger partial charge < -0.3 is 18.6 Å². The van der Waals surface area contributed by atoms with Crippen LogP contribution in [0.2, 0.25) is 0 Å². The van der Waals surface area contributed by atoms with Gasteiger partial charge in [-0.25, -0.2) is 19.3 Å². The normalized spacial score (nSPS) is 20.1. The van der Waals surface area contributed by atoms with Crippen LogP contribution in [0.1, 0.15) is 77.4 Å². The maximum Gasteiger partial charge on any atom is 0.494 e. The van der Waals surface area contributed by atoms with E-state index in [0.29, 0.717) is 41.1 Å². The van der Waals surface area contributed by atoms with Gasteiger partial charge in [-0.2, -0.15) is 20.7 Å². The van der Waals surface area contributed by atoms with Gasteiger partial charge in [0.05, 0.1) is 62.9 Å². The van der Waals surface area contributed by atoms with Gasteiger partial charge in [-0.15, -0.1) is 0 Å². The van der Waals surface area contributed by atoms with E-state index in [1.807, 2.05) is 115 Å². The maximum absolute atomic E-state index is 10.1. The molecule has 12 nitrogen and oxygen atoms in total. The van der Waals surface area contributed by atoms with Crippen LogP contribution in [0.3, 0.4) is 0 Å². The Balaban J connectivity index is 1.04. The van der Waals surface area contributed by atoms with Crippen LogP contribution in [0.4, 0.5) is 0 Å². The zero-order chi connectivity index (χ0) is 38.2. The van der Waals surface area contributed by atoms with Gasteiger partial charge in [0.15, 0.2) is 11.6 Å². The van der Waals surface area contributed by atoms with Crippen molar-refractivity contribution in [1.29, 1.82) is 10.5 Å². The summed E-state index contributed by atoms with van der Waals surface area (Å²) in [6.45, 7) is 16.1. The summed E-state index contributed by atoms with van der Waals surface area (Å²) in [6.07, 6.45) is 4.74. The summed E-state index contributed by atoms with van der Waals surface area (Å²) in [7, 11) is -1.33. The van der Waals surface area contributed by atoms with E-state index in [1.54, 1.807) is 15.6 Å². The first-order chi connectivity index (χ1) is 25.6. The van der Waals surface area contributed by atoms with E-state index in [9.17, 15) is 10.5 Å². The number of nitriles is 2. The molecule has 0 amide bonds. The molecule has 0 radical (unpaired) electrons. The molecule has 2 saturated heterocycles. The quantitative estimate of drug-likeness (QED) is 0.196. The summed E-state index contributed by atoms with van der Waals surface area (Å²) in [5, 5.41) is 31.0. The Morgan fingerprint density at radius 3 is 2.06 bits per heavy atom. The van der Waals surface area contributed by atoms with Gasteiger partial charge in [0.1, 0.15) is 0 Å². The lowest BCUT2D eigenvalue weighted by atomic mass is 9.78. The highest BCUT2D eigenvalue weighted by Crippen LogP contribution is 2.41. The van der Waals surface area contributed by atoms with Crippen molar-refractivity contribution >= 4 is 47.0 Å². The largest absolute Gasteiger partial charge is 0.494 e. The SMILES string of the molecule is Cc1cccc(-n2cc3c(C#N)cc(B4OC(C)(C)C(C)(CCc5cccc(-n6ncc7c(C#N)cc(B8OC(C)(C)C(C)(C)O8)cc76)n5)O4)cc3n2)n1. The molecule has 0 saturated carbocycles. The summed E-state index contributed by atoms with van der Waals surface area (Å²) in [6, 6.07) is 23.8. The van der Waals surface area contributed by atoms with Crippen molar-refractivity contribution < 1.29 is 18.6 Å². The van der Waals surface area contributed by atoms with E-state index < -0.39 is 36.6 Å². The number of fused-ring (bicyclic) bond motifs is 2. The molecular formula is C40H40B2N8O4. The summed E-state index contributed by atoms with van der Waals surface area (Å²) in [5.74, 6) is 1.30. The van der Waals surface area contributed by atoms with Crippen LogP contribution >= 0.6 is 0 Å². The van der Waals surface area contributed by atoms with Crippen LogP contribution in [-0.4, -0.2) is 66.2 Å². The third kappa shape index (κ3) is 5.96. The van der Waals surface area contributed by atoms with Gasteiger partial charge in [0.2, 0.25) is 0 Å². The van der Waals surface area contributed by atoms with Crippen molar-refractivity contribution in [2.75, 3.05) is 0 Å². The lowest BCUT2D eigenvalue weighted by Crippen LogP contribution is -2.45. The van der Waals surface area contributed by atoms with Crippen molar-refractivity contribution in [2.45, 2.75) is 90.6 Å². The van der Waals surface area contributed by atoms with E-state index in [4.69, 9.17) is 28.7 Å². The number of pyridine rings is 2. The number of aryl methyl sites for hydroxylation is 2. The molecule has 1 atom stereocenters. The van der Waals surface area contributed by atoms with Crippen LogP contribution in [0.5, 0.6) is 0 Å². The number of benzene rings is 2. The third-order valence-electron chi connectivity index (χ3n) is 11.4. The first-order valence-electron chi connectivity index (χ1n) is 18.1. The molecule has 0 aliphatic carbocycles. The molecule has 2 aliphatic heterocycles. The number of rotatable bonds is 7. The number of aromatic nitrogens is 6. The van der Waals surface area contributed by atoms with Crippen molar-refractivity contribution in [3.63, 3.8) is 0 Å². The van der Waals surface area contributed by atoms with Crippen molar-refractivity contribution in [3.05, 3.63) is 95.6 Å². The number of hydrogen-bond donors (Lipinski definition) is 0. The standard InChI is InChI=1S/C40H40B2N8O4/c1-25-11-9-13-35(46-25)49-24-32-27(22-44)18-28(19-33(32)48-49)42-53-39(6,7)40(8,54-42)16-15-30-12-10-14-36(47-30)50-34-20-29(17-26(21-43)31(34)23-45-50)41-51-37(2,3)38(4,5)52-41/h9-14,17-20,23-24H,15-16H2,1-8H3. The Kier molecular flexibility index (Phi) is 8.32. The molecule has 6 aromatic rings. The second-order valence-corrected chi connectivity index (χ2v) is 15.9. The minimum absolute atomic E-state index is 0.483. The third-order valence-corrected chi connectivity index (χ3v) is 11.4. The zero-order valence-electron chi connectivity index (χ0n) is 31.7. The summed E-state index contributed by atoms with van der Waals surface area (Å²) < 4.78 is 29.4. The molecule has 14 heteroatoms. The molecule has 0 spiro atoms. The highest BCUT2D eigenvalue weighted by atomic mass is 16.7. The average Bonchev–Trinajstić information content (AvgIpc) is 3.87. The van der Waals surface area contributed by atoms with Gasteiger partial charge in [-0.1, -0.05) is 12.1 Å². The molecule has 8 rings (SSSR count). The lowest BCUT2D eigenvalue weighted by Gasteiger charge is -2.36. The maximum atomic E-state index is 10.1. The fraction of sp³-hybridized carbons (Fsp3) is 0.350. The highest BCUT2D eigenvalue weighted by molar-refractivity contribution is 6.63. The highest BCUT2D eigenvalue weighted by Gasteiger charge is 2.54. The summed E-state index contributed by atoms with van der Waals surface area (Å²) in [5.41, 5.74) is 3.15. The molecule has 0 N–H and O–H groups in total. The van der Waals surface area contributed by atoms with Crippen molar-refractivity contribution in [1.82, 2.24) is 29.5 Å². The van der Waals surface area contributed by atoms with Crippen LogP contribution in [0, 0.1) is 29.6 Å². The minimum Gasteiger partial charge on any atom is -0.399 e. The van der Waals surface area contributed by atoms with Crippen LogP contribution < -0.4 is 10.9 Å². The second kappa shape index (κ2) is 12.6. The Morgan fingerprint density at radius 2 is 1.35 bits per heavy atom. The summed E-state index contributed by atoms with van der Waals surface area (Å²) >= 11 is 0. The van der Waals surface area contributed by atoms with Crippen LogP contribution in [-0.2, 0) is 25.0 Å². The van der Waals surface area contributed by atoms with E-state index in [-0.39, 0.29) is 0 Å². The molecular weight excluding hydrogens is 678 g/mol. The molecule has 2 aliphatic rings. The van der Waals surface area contributed by atoms with Gasteiger partial charge in [-0.3, -0.25) is 0 Å². The lowest BCUT2D eigenvalue weighted by molar-refractivity contribution is -0.0154. The molecule has 2 aromatic carbocycles. The molecule has 1 unspecified atom stereocenters. The Hall–Kier alpha value is -5.37. The summed E-state index contributed by atoms with van der Waals surface area (Å²) in [4.78, 5) is 9.59. The zero-order valence-corrected chi connectivity index (χ0v) is 31.7. The Labute approximate surface area is 314 Å². The number of nitrogens with zero attached hydrogens (tertiary/aromatic N) is 8. The Bertz CT molecular complexity index is 2530. The molecule has 6 heterocycles. The van der Waals surface area contributed by atoms with Crippen LogP contribution in [0.25, 0.3) is 33.4 Å². The molecule has 54 heavy (non-hydrogen) atoms. The van der Waals surface area contributed by atoms with E-state index >= 15 is 0 Å². The average molecular weight is 718 g/mol. The predicted octanol–water partition coefficient (Wildman–Crippen LogP) is 5.42. The van der Waals surface area contributed by atoms with Gasteiger partial charge >= 0.3 is 14.2 Å². The van der Waals surface area contributed by atoms with E-state index in [1.165, 1.54) is 0 Å². The molecule has 0 bridgehead atoms. The smallest absolute Gasteiger partial charge is 0.399 e. The first kappa shape index (κ1) is 35.6. The fourth-order valence-electron chi connectivity index (χ4n) is 7.07. The number of hydrogen-bond acceptors (Lipinski definition) is 10. The second-order valence-electron chi connectivity index (χ2n) is 15.9. The van der Waals surface area contributed by atoms with Crippen molar-refractivity contribution in [2.24, 2.45) is 0 Å². The molecule has 270 valence electrons. The Morgan fingerprint density at radius 1 is 0.722 bits per heavy atom. The van der Waals surface area contributed by atoms with Crippen LogP contribution in [0.15, 0.2) is 73.1 Å². The minimum atomic E-state index is -0.703. The first-order valence-corrected chi connectivity index (χ1v) is 18.1. The predicted molar refractivity (Wildman–Crippen MR) is 206 cm³/mol. The monoisotopic (exact) mass is 718 g/mol. The van der Waals surface area contributed by atoms with Crippen molar-refractivity contribution in [3.8, 4) is 23.8 Å². The topological polar surface area (TPSA) is 146 Å². The van der Waals surface area contributed by atoms with Gasteiger partial charge in [-0.05, 0) is 128 Å². The fourth-order valence-corrected chi connectivity index (χ4v) is 7.07. The van der Waals surface area contributed by atoms with E-state index in [0.717, 1.165) is 38.6 Å². The van der Waals surface area contributed by atoms with Gasteiger partial charge in [0.25, 0.3) is 0 Å². The molecule has 4 aromatic heterocycles. The van der Waals surface area contributed by atoms with E-state index in [2.05, 4.69) is 29.1 Å². The van der Waals surface area contributed by atoms with Gasteiger partial charge in [0, 0.05) is 28.4 Å².